The summed E-state index contributed by atoms with van der Waals surface area (Å²) >= 11 is 3.42. The first-order valence-electron chi connectivity index (χ1n) is 7.85. The molecule has 0 fully saturated rings. The van der Waals surface area contributed by atoms with E-state index in [4.69, 9.17) is 9.47 Å². The van der Waals surface area contributed by atoms with Gasteiger partial charge in [-0.3, -0.25) is 4.98 Å². The zero-order valence-corrected chi connectivity index (χ0v) is 15.0. The van der Waals surface area contributed by atoms with E-state index in [2.05, 4.69) is 25.9 Å². The molecule has 128 valence electrons. The molecule has 0 radical (unpaired) electrons. The summed E-state index contributed by atoms with van der Waals surface area (Å²) in [5, 5.41) is 9.72. The molecule has 3 rings (SSSR count). The molecule has 0 atom stereocenters. The van der Waals surface area contributed by atoms with E-state index in [1.807, 2.05) is 30.3 Å². The third-order valence-electron chi connectivity index (χ3n) is 3.48. The van der Waals surface area contributed by atoms with Crippen molar-refractivity contribution in [3.63, 3.8) is 0 Å². The van der Waals surface area contributed by atoms with Gasteiger partial charge in [-0.05, 0) is 54.8 Å². The summed E-state index contributed by atoms with van der Waals surface area (Å²) in [5.74, 6) is 1.90. The molecule has 0 unspecified atom stereocenters. The first-order valence-corrected chi connectivity index (χ1v) is 8.65. The first-order chi connectivity index (χ1) is 12.2. The molecule has 1 aromatic carbocycles. The fourth-order valence-electron chi connectivity index (χ4n) is 2.28. The van der Waals surface area contributed by atoms with Gasteiger partial charge in [-0.1, -0.05) is 22.0 Å². The smallest absolute Gasteiger partial charge is 0.262 e. The fraction of sp³-hybridized carbons (Fsp3) is 0.158. The van der Waals surface area contributed by atoms with Crippen molar-refractivity contribution < 1.29 is 14.6 Å². The Balaban J connectivity index is 1.58. The second-order valence-electron chi connectivity index (χ2n) is 5.32. The van der Waals surface area contributed by atoms with Crippen LogP contribution in [0.25, 0.3) is 0 Å². The van der Waals surface area contributed by atoms with Crippen LogP contribution in [0.15, 0.2) is 65.5 Å². The minimum atomic E-state index is 0.211. The third kappa shape index (κ3) is 4.93. The predicted octanol–water partition coefficient (Wildman–Crippen LogP) is 4.75. The molecule has 0 aliphatic heterocycles. The predicted molar refractivity (Wildman–Crippen MR) is 98.2 cm³/mol. The van der Waals surface area contributed by atoms with Crippen LogP contribution >= 0.6 is 15.9 Å². The van der Waals surface area contributed by atoms with Crippen molar-refractivity contribution in [2.24, 2.45) is 0 Å². The molecular formula is C19H17BrN2O3. The summed E-state index contributed by atoms with van der Waals surface area (Å²) in [7, 11) is 0. The number of pyridine rings is 2. The minimum absolute atomic E-state index is 0.211. The van der Waals surface area contributed by atoms with E-state index in [-0.39, 0.29) is 5.75 Å². The Morgan fingerprint density at radius 2 is 2.00 bits per heavy atom. The van der Waals surface area contributed by atoms with Crippen LogP contribution in [0, 0.1) is 0 Å². The van der Waals surface area contributed by atoms with E-state index >= 15 is 0 Å². The number of halogens is 1. The molecule has 0 aliphatic carbocycles. The molecule has 2 aromatic heterocycles. The fourth-order valence-corrected chi connectivity index (χ4v) is 2.65. The van der Waals surface area contributed by atoms with E-state index in [0.29, 0.717) is 30.4 Å². The molecule has 5 nitrogen and oxygen atoms in total. The van der Waals surface area contributed by atoms with Crippen LogP contribution < -0.4 is 9.47 Å². The van der Waals surface area contributed by atoms with Gasteiger partial charge in [0, 0.05) is 16.9 Å². The van der Waals surface area contributed by atoms with Gasteiger partial charge in [-0.15, -0.1) is 0 Å². The Bertz CT molecular complexity index is 842. The molecule has 25 heavy (non-hydrogen) atoms. The number of aromatic nitrogens is 2. The number of hydrogen-bond donors (Lipinski definition) is 1. The number of hydrogen-bond acceptors (Lipinski definition) is 5. The largest absolute Gasteiger partial charge is 0.506 e. The lowest BCUT2D eigenvalue weighted by Crippen LogP contribution is -2.02. The lowest BCUT2D eigenvalue weighted by molar-refractivity contribution is 0.292. The van der Waals surface area contributed by atoms with Crippen LogP contribution in [0.1, 0.15) is 12.0 Å². The van der Waals surface area contributed by atoms with Crippen LogP contribution in [-0.4, -0.2) is 21.7 Å². The maximum atomic E-state index is 9.72. The van der Waals surface area contributed by atoms with Crippen molar-refractivity contribution >= 4 is 15.9 Å². The highest BCUT2D eigenvalue weighted by molar-refractivity contribution is 9.10. The summed E-state index contributed by atoms with van der Waals surface area (Å²) in [6.45, 7) is 0.488. The number of rotatable bonds is 7. The molecule has 0 spiro atoms. The van der Waals surface area contributed by atoms with Crippen LogP contribution in [0.3, 0.4) is 0 Å². The molecule has 0 saturated heterocycles. The first kappa shape index (κ1) is 17.2. The van der Waals surface area contributed by atoms with E-state index in [0.717, 1.165) is 16.5 Å². The Morgan fingerprint density at radius 3 is 2.84 bits per heavy atom. The minimum Gasteiger partial charge on any atom is -0.506 e. The highest BCUT2D eigenvalue weighted by atomic mass is 79.9. The molecule has 0 bridgehead atoms. The second kappa shape index (κ2) is 8.48. The number of nitrogens with zero attached hydrogens (tertiary/aromatic N) is 2. The van der Waals surface area contributed by atoms with Crippen LogP contribution in [0.5, 0.6) is 23.1 Å². The van der Waals surface area contributed by atoms with Gasteiger partial charge < -0.3 is 14.6 Å². The monoisotopic (exact) mass is 400 g/mol. The van der Waals surface area contributed by atoms with Crippen LogP contribution in [0.4, 0.5) is 0 Å². The normalized spacial score (nSPS) is 10.4. The molecule has 3 aromatic rings. The van der Waals surface area contributed by atoms with Crippen molar-refractivity contribution in [1.82, 2.24) is 9.97 Å². The third-order valence-corrected chi connectivity index (χ3v) is 3.98. The van der Waals surface area contributed by atoms with Crippen molar-refractivity contribution in [2.45, 2.75) is 12.8 Å². The summed E-state index contributed by atoms with van der Waals surface area (Å²) < 4.78 is 12.5. The number of benzene rings is 1. The molecule has 6 heteroatoms. The summed E-state index contributed by atoms with van der Waals surface area (Å²) in [6.07, 6.45) is 6.23. The number of ether oxygens (including phenoxy) is 2. The highest BCUT2D eigenvalue weighted by Crippen LogP contribution is 2.30. The Morgan fingerprint density at radius 1 is 1.08 bits per heavy atom. The van der Waals surface area contributed by atoms with Crippen molar-refractivity contribution in [2.75, 3.05) is 6.61 Å². The molecule has 2 heterocycles. The second-order valence-corrected chi connectivity index (χ2v) is 6.24. The maximum absolute atomic E-state index is 9.72. The van der Waals surface area contributed by atoms with Gasteiger partial charge in [0.2, 0.25) is 0 Å². The lowest BCUT2D eigenvalue weighted by Gasteiger charge is -2.11. The molecule has 0 saturated carbocycles. The van der Waals surface area contributed by atoms with Gasteiger partial charge in [0.05, 0.1) is 12.8 Å². The molecule has 1 N–H and O–H groups in total. The van der Waals surface area contributed by atoms with Gasteiger partial charge in [0.25, 0.3) is 5.88 Å². The van der Waals surface area contributed by atoms with Gasteiger partial charge >= 0.3 is 0 Å². The van der Waals surface area contributed by atoms with E-state index < -0.39 is 0 Å². The summed E-state index contributed by atoms with van der Waals surface area (Å²) in [5.41, 5.74) is 0.857. The lowest BCUT2D eigenvalue weighted by atomic mass is 10.1. The van der Waals surface area contributed by atoms with Gasteiger partial charge in [-0.25, -0.2) is 4.98 Å². The highest BCUT2D eigenvalue weighted by Gasteiger charge is 2.08. The molecule has 0 amide bonds. The average molecular weight is 401 g/mol. The van der Waals surface area contributed by atoms with Crippen molar-refractivity contribution in [1.29, 1.82) is 0 Å². The Kier molecular flexibility index (Phi) is 5.85. The van der Waals surface area contributed by atoms with Crippen LogP contribution in [0.2, 0.25) is 0 Å². The SMILES string of the molecule is Oc1cnccc1CCCOc1cccnc1Oc1cccc(Br)c1. The van der Waals surface area contributed by atoms with Gasteiger partial charge in [0.15, 0.2) is 5.75 Å². The van der Waals surface area contributed by atoms with E-state index in [9.17, 15) is 5.11 Å². The topological polar surface area (TPSA) is 64.5 Å². The van der Waals surface area contributed by atoms with Gasteiger partial charge in [-0.2, -0.15) is 0 Å². The Labute approximate surface area is 154 Å². The zero-order valence-electron chi connectivity index (χ0n) is 13.4. The van der Waals surface area contributed by atoms with Crippen molar-refractivity contribution in [3.8, 4) is 23.1 Å². The van der Waals surface area contributed by atoms with Gasteiger partial charge in [0.1, 0.15) is 11.5 Å². The van der Waals surface area contributed by atoms with Crippen molar-refractivity contribution in [3.05, 3.63) is 71.1 Å². The quantitative estimate of drug-likeness (QED) is 0.579. The van der Waals surface area contributed by atoms with Crippen LogP contribution in [-0.2, 0) is 6.42 Å². The Hall–Kier alpha value is -2.60. The average Bonchev–Trinajstić information content (AvgIpc) is 2.61. The molecular weight excluding hydrogens is 384 g/mol. The number of aromatic hydroxyl groups is 1. The standard InChI is InChI=1S/C19H17BrN2O3/c20-15-5-1-6-16(12-15)25-19-18(7-2-9-22-19)24-11-3-4-14-8-10-21-13-17(14)23/h1-2,5-10,12-13,23H,3-4,11H2. The maximum Gasteiger partial charge on any atom is 0.262 e. The van der Waals surface area contributed by atoms with E-state index in [1.165, 1.54) is 6.20 Å². The summed E-state index contributed by atoms with van der Waals surface area (Å²) in [4.78, 5) is 8.11. The zero-order chi connectivity index (χ0) is 17.5. The summed E-state index contributed by atoms with van der Waals surface area (Å²) in [6, 6.07) is 13.0. The van der Waals surface area contributed by atoms with E-state index in [1.54, 1.807) is 24.5 Å². The molecule has 0 aliphatic rings. The number of aryl methyl sites for hydroxylation is 1.